The van der Waals surface area contributed by atoms with Gasteiger partial charge in [0, 0.05) is 64.0 Å². The van der Waals surface area contributed by atoms with Gasteiger partial charge in [-0.25, -0.2) is 4.98 Å². The maximum atomic E-state index is 12.9. The standard InChI is InChI=1S/C24H33N5O2/c30-23-7-3-4-10-28(23)16-13-26-11-14-27(15-12-26)20-8-9-21-22(17-20)25-18-29(24(21)31)19-5-1-2-6-19/h8-9,17-19H,1-7,10-16H2. The predicted molar refractivity (Wildman–Crippen MR) is 123 cm³/mol. The number of likely N-dealkylation sites (tertiary alicyclic amines) is 1. The average molecular weight is 424 g/mol. The van der Waals surface area contributed by atoms with Crippen molar-refractivity contribution in [3.05, 3.63) is 34.9 Å². The van der Waals surface area contributed by atoms with E-state index in [1.165, 1.54) is 12.8 Å². The molecule has 1 aromatic carbocycles. The van der Waals surface area contributed by atoms with Gasteiger partial charge in [-0.1, -0.05) is 12.8 Å². The summed E-state index contributed by atoms with van der Waals surface area (Å²) in [6.07, 6.45) is 9.23. The van der Waals surface area contributed by atoms with Crippen molar-refractivity contribution in [3.63, 3.8) is 0 Å². The van der Waals surface area contributed by atoms with Gasteiger partial charge in [-0.3, -0.25) is 19.1 Å². The zero-order valence-corrected chi connectivity index (χ0v) is 18.3. The molecule has 0 bridgehead atoms. The highest BCUT2D eigenvalue weighted by atomic mass is 16.2. The lowest BCUT2D eigenvalue weighted by Crippen LogP contribution is -2.49. The fourth-order valence-electron chi connectivity index (χ4n) is 5.35. The van der Waals surface area contributed by atoms with Gasteiger partial charge in [0.25, 0.3) is 5.56 Å². The molecule has 2 aliphatic heterocycles. The van der Waals surface area contributed by atoms with Crippen LogP contribution in [0, 0.1) is 0 Å². The van der Waals surface area contributed by atoms with Crippen molar-refractivity contribution in [2.24, 2.45) is 0 Å². The molecule has 1 aromatic heterocycles. The molecule has 3 aliphatic rings. The van der Waals surface area contributed by atoms with E-state index in [0.717, 1.165) is 94.5 Å². The molecule has 0 N–H and O–H groups in total. The summed E-state index contributed by atoms with van der Waals surface area (Å²) in [5.74, 6) is 0.320. The van der Waals surface area contributed by atoms with Gasteiger partial charge in [0.15, 0.2) is 0 Å². The Labute approximate surface area is 183 Å². The summed E-state index contributed by atoms with van der Waals surface area (Å²) in [6, 6.07) is 6.42. The van der Waals surface area contributed by atoms with Crippen molar-refractivity contribution in [2.45, 2.75) is 51.0 Å². The van der Waals surface area contributed by atoms with E-state index in [-0.39, 0.29) is 5.56 Å². The predicted octanol–water partition coefficient (Wildman–Crippen LogP) is 2.65. The summed E-state index contributed by atoms with van der Waals surface area (Å²) < 4.78 is 1.85. The fraction of sp³-hybridized carbons (Fsp3) is 0.625. The van der Waals surface area contributed by atoms with Crippen molar-refractivity contribution in [3.8, 4) is 0 Å². The van der Waals surface area contributed by atoms with Gasteiger partial charge in [-0.15, -0.1) is 0 Å². The van der Waals surface area contributed by atoms with Gasteiger partial charge >= 0.3 is 0 Å². The van der Waals surface area contributed by atoms with Gasteiger partial charge in [0.2, 0.25) is 5.91 Å². The van der Waals surface area contributed by atoms with Crippen LogP contribution in [0.15, 0.2) is 29.3 Å². The zero-order valence-electron chi connectivity index (χ0n) is 18.3. The Morgan fingerprint density at radius 2 is 1.71 bits per heavy atom. The summed E-state index contributed by atoms with van der Waals surface area (Å²) in [5.41, 5.74) is 2.03. The second-order valence-corrected chi connectivity index (χ2v) is 9.26. The molecule has 5 rings (SSSR count). The second kappa shape index (κ2) is 8.99. The van der Waals surface area contributed by atoms with Gasteiger partial charge in [0.1, 0.15) is 0 Å². The van der Waals surface area contributed by atoms with Crippen LogP contribution >= 0.6 is 0 Å². The molecule has 0 unspecified atom stereocenters. The molecular weight excluding hydrogens is 390 g/mol. The van der Waals surface area contributed by atoms with Crippen molar-refractivity contribution in [2.75, 3.05) is 50.7 Å². The average Bonchev–Trinajstić information content (AvgIpc) is 3.34. The van der Waals surface area contributed by atoms with Crippen molar-refractivity contribution in [1.29, 1.82) is 0 Å². The molecule has 7 heteroatoms. The number of rotatable bonds is 5. The molecule has 3 fully saturated rings. The van der Waals surface area contributed by atoms with Gasteiger partial charge < -0.3 is 9.80 Å². The number of nitrogens with zero attached hydrogens (tertiary/aromatic N) is 5. The molecule has 3 heterocycles. The normalized spacial score (nSPS) is 21.4. The molecule has 2 saturated heterocycles. The molecule has 0 radical (unpaired) electrons. The number of amides is 1. The van der Waals surface area contributed by atoms with E-state index in [2.05, 4.69) is 26.9 Å². The highest BCUT2D eigenvalue weighted by molar-refractivity contribution is 5.81. The Kier molecular flexibility index (Phi) is 5.94. The van der Waals surface area contributed by atoms with Crippen LogP contribution in [0.5, 0.6) is 0 Å². The maximum absolute atomic E-state index is 12.9. The van der Waals surface area contributed by atoms with E-state index >= 15 is 0 Å². The number of aromatic nitrogens is 2. The summed E-state index contributed by atoms with van der Waals surface area (Å²) in [6.45, 7) is 6.64. The maximum Gasteiger partial charge on any atom is 0.261 e. The van der Waals surface area contributed by atoms with Crippen molar-refractivity contribution >= 4 is 22.5 Å². The first kappa shape index (κ1) is 20.5. The van der Waals surface area contributed by atoms with E-state index in [1.54, 1.807) is 6.33 Å². The van der Waals surface area contributed by atoms with Crippen LogP contribution in [0.25, 0.3) is 10.9 Å². The summed E-state index contributed by atoms with van der Waals surface area (Å²) in [5, 5.41) is 0.725. The number of anilines is 1. The Balaban J connectivity index is 1.21. The number of fused-ring (bicyclic) bond motifs is 1. The van der Waals surface area contributed by atoms with Gasteiger partial charge in [-0.05, 0) is 43.9 Å². The Hall–Kier alpha value is -2.41. The minimum absolute atomic E-state index is 0.0977. The first-order chi connectivity index (χ1) is 15.2. The number of piperazine rings is 1. The minimum Gasteiger partial charge on any atom is -0.369 e. The molecule has 1 aliphatic carbocycles. The molecule has 31 heavy (non-hydrogen) atoms. The lowest BCUT2D eigenvalue weighted by Gasteiger charge is -2.37. The number of benzene rings is 1. The van der Waals surface area contributed by atoms with Crippen LogP contribution in [-0.2, 0) is 4.79 Å². The minimum atomic E-state index is 0.0977. The molecule has 166 valence electrons. The third-order valence-electron chi connectivity index (χ3n) is 7.33. The lowest BCUT2D eigenvalue weighted by molar-refractivity contribution is -0.133. The lowest BCUT2D eigenvalue weighted by atomic mass is 10.1. The first-order valence-electron chi connectivity index (χ1n) is 11.9. The summed E-state index contributed by atoms with van der Waals surface area (Å²) in [7, 11) is 0. The van der Waals surface area contributed by atoms with E-state index in [1.807, 2.05) is 15.5 Å². The molecule has 0 atom stereocenters. The van der Waals surface area contributed by atoms with E-state index in [0.29, 0.717) is 11.9 Å². The number of carbonyl (C=O) groups excluding carboxylic acids is 1. The molecule has 2 aromatic rings. The summed E-state index contributed by atoms with van der Waals surface area (Å²) >= 11 is 0. The molecule has 7 nitrogen and oxygen atoms in total. The summed E-state index contributed by atoms with van der Waals surface area (Å²) in [4.78, 5) is 36.4. The van der Waals surface area contributed by atoms with E-state index < -0.39 is 0 Å². The van der Waals surface area contributed by atoms with Crippen molar-refractivity contribution in [1.82, 2.24) is 19.4 Å². The number of carbonyl (C=O) groups is 1. The number of hydrogen-bond acceptors (Lipinski definition) is 5. The van der Waals surface area contributed by atoms with Crippen LogP contribution in [0.4, 0.5) is 5.69 Å². The second-order valence-electron chi connectivity index (χ2n) is 9.26. The van der Waals surface area contributed by atoms with E-state index in [9.17, 15) is 9.59 Å². The SMILES string of the molecule is O=C1CCCCN1CCN1CCN(c2ccc3c(=O)n(C4CCCC4)cnc3c2)CC1. The first-order valence-corrected chi connectivity index (χ1v) is 11.9. The monoisotopic (exact) mass is 423 g/mol. The number of hydrogen-bond donors (Lipinski definition) is 0. The van der Waals surface area contributed by atoms with Gasteiger partial charge in [-0.2, -0.15) is 0 Å². The topological polar surface area (TPSA) is 61.7 Å². The van der Waals surface area contributed by atoms with Gasteiger partial charge in [0.05, 0.1) is 17.2 Å². The largest absolute Gasteiger partial charge is 0.369 e. The number of piperidine rings is 1. The quantitative estimate of drug-likeness (QED) is 0.740. The van der Waals surface area contributed by atoms with Crippen LogP contribution < -0.4 is 10.5 Å². The fourth-order valence-corrected chi connectivity index (χ4v) is 5.35. The molecular formula is C24H33N5O2. The van der Waals surface area contributed by atoms with Crippen LogP contribution in [0.2, 0.25) is 0 Å². The molecule has 1 amide bonds. The van der Waals surface area contributed by atoms with Crippen LogP contribution in [-0.4, -0.2) is 71.1 Å². The highest BCUT2D eigenvalue weighted by Gasteiger charge is 2.22. The van der Waals surface area contributed by atoms with Crippen LogP contribution in [0.3, 0.4) is 0 Å². The Bertz CT molecular complexity index is 989. The van der Waals surface area contributed by atoms with E-state index in [4.69, 9.17) is 0 Å². The Morgan fingerprint density at radius 3 is 2.48 bits per heavy atom. The van der Waals surface area contributed by atoms with Crippen LogP contribution in [0.1, 0.15) is 51.0 Å². The van der Waals surface area contributed by atoms with Crippen molar-refractivity contribution < 1.29 is 4.79 Å². The third-order valence-corrected chi connectivity index (χ3v) is 7.33. The Morgan fingerprint density at radius 1 is 0.903 bits per heavy atom. The molecule has 1 saturated carbocycles. The highest BCUT2D eigenvalue weighted by Crippen LogP contribution is 2.28. The zero-order chi connectivity index (χ0) is 21.2. The third kappa shape index (κ3) is 4.33. The molecule has 0 spiro atoms. The smallest absolute Gasteiger partial charge is 0.261 e.